The van der Waals surface area contributed by atoms with Gasteiger partial charge in [-0.05, 0) is 120 Å². The number of ether oxygens (including phenoxy) is 5. The summed E-state index contributed by atoms with van der Waals surface area (Å²) in [5.74, 6) is -4.27. The van der Waals surface area contributed by atoms with Crippen LogP contribution in [0.4, 0.5) is 20.1 Å². The van der Waals surface area contributed by atoms with Crippen molar-refractivity contribution in [2.45, 2.75) is 201 Å². The molecule has 0 saturated carbocycles. The average molecular weight is 1250 g/mol. The Morgan fingerprint density at radius 3 is 2.13 bits per heavy atom. The quantitative estimate of drug-likeness (QED) is 0.0121. The number of carbonyl (C=O) groups is 10. The van der Waals surface area contributed by atoms with Gasteiger partial charge in [-0.2, -0.15) is 0 Å². The summed E-state index contributed by atoms with van der Waals surface area (Å²) >= 11 is 0. The number of allylic oxidation sites excluding steroid dienone is 3. The van der Waals surface area contributed by atoms with Gasteiger partial charge in [0.15, 0.2) is 11.7 Å². The van der Waals surface area contributed by atoms with Gasteiger partial charge in [-0.15, -0.1) is 0 Å². The van der Waals surface area contributed by atoms with Crippen molar-refractivity contribution in [3.8, 4) is 0 Å². The van der Waals surface area contributed by atoms with Crippen molar-refractivity contribution in [1.29, 1.82) is 0 Å². The average Bonchev–Trinajstić information content (AvgIpc) is 2.02. The van der Waals surface area contributed by atoms with E-state index in [2.05, 4.69) is 28.2 Å². The zero-order valence-electron chi connectivity index (χ0n) is 53.4. The third-order valence-corrected chi connectivity index (χ3v) is 15.7. The lowest BCUT2D eigenvalue weighted by Gasteiger charge is -2.39. The summed E-state index contributed by atoms with van der Waals surface area (Å²) in [6.07, 6.45) is 9.07. The molecule has 11 atom stereocenters. The van der Waals surface area contributed by atoms with Crippen molar-refractivity contribution in [3.05, 3.63) is 77.9 Å². The lowest BCUT2D eigenvalue weighted by Crippen LogP contribution is -2.54. The molecule has 1 aromatic rings. The molecule has 0 aromatic heterocycles. The smallest absolute Gasteiger partial charge is 0.410 e. The van der Waals surface area contributed by atoms with Gasteiger partial charge in [0.05, 0.1) is 30.8 Å². The molecular weight excluding hydrogens is 1150 g/mol. The van der Waals surface area contributed by atoms with E-state index in [1.807, 2.05) is 52.8 Å². The minimum absolute atomic E-state index is 0.00579. The van der Waals surface area contributed by atoms with Crippen molar-refractivity contribution in [2.24, 2.45) is 23.5 Å². The summed E-state index contributed by atoms with van der Waals surface area (Å²) in [4.78, 5) is 132. The molecule has 25 heteroatoms. The number of imide groups is 1. The molecule has 0 spiro atoms. The van der Waals surface area contributed by atoms with Crippen molar-refractivity contribution in [3.63, 3.8) is 0 Å². The number of hydrogen-bond donors (Lipinski definition) is 7. The largest absolute Gasteiger partial charge is 0.457 e. The molecule has 494 valence electrons. The summed E-state index contributed by atoms with van der Waals surface area (Å²) in [6.45, 7) is 18.3. The molecule has 3 heterocycles. The lowest BCUT2D eigenvalue weighted by atomic mass is 9.88. The summed E-state index contributed by atoms with van der Waals surface area (Å²) in [7, 11) is 0. The molecule has 3 aliphatic rings. The van der Waals surface area contributed by atoms with Crippen LogP contribution in [0.3, 0.4) is 0 Å². The number of urea groups is 1. The number of unbranched alkanes of at least 4 members (excludes halogenated alkanes) is 2. The number of anilines is 1. The van der Waals surface area contributed by atoms with Gasteiger partial charge in [-0.1, -0.05) is 77.5 Å². The first-order valence-electron chi connectivity index (χ1n) is 31.0. The van der Waals surface area contributed by atoms with E-state index in [0.717, 1.165) is 4.90 Å². The van der Waals surface area contributed by atoms with Crippen molar-refractivity contribution in [2.75, 3.05) is 44.6 Å². The molecule has 1 unspecified atom stereocenters. The van der Waals surface area contributed by atoms with Gasteiger partial charge < -0.3 is 70.7 Å². The van der Waals surface area contributed by atoms with E-state index in [0.29, 0.717) is 48.9 Å². The predicted octanol–water partition coefficient (Wildman–Crippen LogP) is 6.01. The number of nitrogens with one attached hydrogen (secondary N) is 4. The van der Waals surface area contributed by atoms with Crippen molar-refractivity contribution >= 4 is 65.4 Å². The molecule has 4 rings (SSSR count). The molecular formula is C64H96N8O17. The first-order chi connectivity index (χ1) is 42.1. The second-order valence-corrected chi connectivity index (χ2v) is 23.9. The first-order valence-corrected chi connectivity index (χ1v) is 31.0. The number of rotatable bonds is 29. The zero-order valence-corrected chi connectivity index (χ0v) is 53.4. The Hall–Kier alpha value is -7.64. The third-order valence-electron chi connectivity index (χ3n) is 15.7. The van der Waals surface area contributed by atoms with Crippen LogP contribution in [0.15, 0.2) is 72.4 Å². The fourth-order valence-electron chi connectivity index (χ4n) is 10.4. The van der Waals surface area contributed by atoms with Crippen LogP contribution in [0.1, 0.15) is 145 Å². The van der Waals surface area contributed by atoms with Gasteiger partial charge in [0, 0.05) is 76.4 Å². The fraction of sp³-hybridized carbons (Fsp3) is 0.625. The van der Waals surface area contributed by atoms with Gasteiger partial charge in [-0.3, -0.25) is 38.5 Å². The Labute approximate surface area is 522 Å². The molecule has 0 bridgehead atoms. The number of piperazine rings is 1. The van der Waals surface area contributed by atoms with E-state index in [1.54, 1.807) is 57.2 Å². The molecule has 1 fully saturated rings. The summed E-state index contributed by atoms with van der Waals surface area (Å²) in [5, 5.41) is 32.0. The third kappa shape index (κ3) is 25.4. The predicted molar refractivity (Wildman–Crippen MR) is 330 cm³/mol. The second-order valence-electron chi connectivity index (χ2n) is 23.9. The van der Waals surface area contributed by atoms with E-state index >= 15 is 0 Å². The van der Waals surface area contributed by atoms with Crippen LogP contribution >= 0.6 is 0 Å². The van der Waals surface area contributed by atoms with Gasteiger partial charge in [0.1, 0.15) is 24.8 Å². The van der Waals surface area contributed by atoms with Crippen LogP contribution in [0.5, 0.6) is 0 Å². The number of primary amides is 1. The topological polar surface area (TPSA) is 341 Å². The molecule has 0 radical (unpaired) electrons. The maximum atomic E-state index is 14.0. The van der Waals surface area contributed by atoms with Gasteiger partial charge >= 0.3 is 30.2 Å². The lowest BCUT2D eigenvalue weighted by molar-refractivity contribution is -0.158. The Morgan fingerprint density at radius 1 is 0.865 bits per heavy atom. The number of amides is 9. The van der Waals surface area contributed by atoms with E-state index in [4.69, 9.17) is 29.4 Å². The van der Waals surface area contributed by atoms with Gasteiger partial charge in [0.25, 0.3) is 11.8 Å². The highest BCUT2D eigenvalue weighted by molar-refractivity contribution is 6.12. The number of benzene rings is 1. The minimum atomic E-state index is -1.52. The van der Waals surface area contributed by atoms with E-state index in [9.17, 15) is 58.2 Å². The second kappa shape index (κ2) is 36.7. The van der Waals surface area contributed by atoms with Crippen LogP contribution < -0.4 is 27.0 Å². The van der Waals surface area contributed by atoms with Gasteiger partial charge in [-0.25, -0.2) is 14.4 Å². The molecule has 0 aliphatic carbocycles. The van der Waals surface area contributed by atoms with Crippen LogP contribution in [-0.2, 0) is 63.9 Å². The standard InChI is InChI=1S/C64H96N8O17/c1-11-51(75)45(8)86-44(7)37-41(4)17-15-18-42(5)58-43(6)21-26-52(87-46(9)73)64(10,30-29-49(74)38-56(79)88-58)89-63(84)71-35-33-70(34-36-71)62(83)85-39-47-22-24-48(25-23-47)67-59(80)50(19-16-31-66-61(65)82)68-60(81)57(40(2)3)69-53(76)20-13-12-14-32-72-54(77)27-28-55(72)78/h15,17-18,21-28,40-41,43-45,49-52,57-58,74-75H,11-14,16,19-20,29-39H2,1-10H3,(H,67,80)(H,68,81)(H,69,76)(H3,65,66,82)/b17-15+,26-21+,42-18+/t41-,43+,44+,45?,49-,50+,51+,52+,57+,58-,64-/m1/s1. The molecule has 8 N–H and O–H groups in total. The van der Waals surface area contributed by atoms with Gasteiger partial charge in [0.2, 0.25) is 17.7 Å². The Morgan fingerprint density at radius 2 is 1.52 bits per heavy atom. The highest BCUT2D eigenvalue weighted by Gasteiger charge is 2.42. The maximum Gasteiger partial charge on any atom is 0.410 e. The Kier molecular flexibility index (Phi) is 30.5. The molecule has 9 amide bonds. The van der Waals surface area contributed by atoms with E-state index < -0.39 is 90.0 Å². The highest BCUT2D eigenvalue weighted by atomic mass is 16.6. The van der Waals surface area contributed by atoms with E-state index in [1.165, 1.54) is 28.9 Å². The number of aliphatic hydroxyl groups is 2. The van der Waals surface area contributed by atoms with E-state index in [-0.39, 0.29) is 126 Å². The first kappa shape index (κ1) is 73.8. The molecule has 1 aromatic carbocycles. The van der Waals surface area contributed by atoms with Crippen LogP contribution in [0.25, 0.3) is 0 Å². The highest BCUT2D eigenvalue weighted by Crippen LogP contribution is 2.31. The number of cyclic esters (lactones) is 1. The Bertz CT molecular complexity index is 2670. The number of carbonyl (C=O) groups excluding carboxylic acids is 10. The molecule has 3 aliphatic heterocycles. The summed E-state index contributed by atoms with van der Waals surface area (Å²) in [5.41, 5.74) is 5.36. The number of hydrogen-bond acceptors (Lipinski definition) is 17. The molecule has 89 heavy (non-hydrogen) atoms. The molecule has 1 saturated heterocycles. The van der Waals surface area contributed by atoms with Crippen molar-refractivity contribution in [1.82, 2.24) is 30.7 Å². The van der Waals surface area contributed by atoms with Crippen LogP contribution in [-0.4, -0.2) is 178 Å². The summed E-state index contributed by atoms with van der Waals surface area (Å²) < 4.78 is 29.5. The number of nitrogens with two attached hydrogens (primary N) is 1. The number of nitrogens with zero attached hydrogens (tertiary/aromatic N) is 3. The molecule has 25 nitrogen and oxygen atoms in total. The Balaban J connectivity index is 1.32. The normalized spacial score (nSPS) is 22.6. The SMILES string of the molecule is CC[C@H](O)C(C)O[C@@H](C)C[C@H](C)/C=C/C=C(\C)[C@H]1OC(=O)C[C@H](O)CC[C@@](C)(OC(=O)N2CCN(C(=O)OCc3ccc(NC(=O)[C@H](CCCNC(N)=O)NC(=O)[C@@H](NC(=O)CCCCCN4C(=O)C=CC4=O)C(C)C)cc3)CC2)[C@@H](OC(C)=O)/C=C/[C@@H]1C. The summed E-state index contributed by atoms with van der Waals surface area (Å²) in [6, 6.07) is 3.62. The van der Waals surface area contributed by atoms with Crippen LogP contribution in [0.2, 0.25) is 0 Å². The van der Waals surface area contributed by atoms with Crippen molar-refractivity contribution < 1.29 is 81.8 Å². The van der Waals surface area contributed by atoms with Crippen LogP contribution in [0, 0.1) is 17.8 Å². The monoisotopic (exact) mass is 1250 g/mol. The zero-order chi connectivity index (χ0) is 66.0. The fourth-order valence-corrected chi connectivity index (χ4v) is 10.4. The maximum absolute atomic E-state index is 14.0. The number of esters is 2. The number of aliphatic hydroxyl groups excluding tert-OH is 2. The minimum Gasteiger partial charge on any atom is -0.457 e.